The number of anilines is 2. The van der Waals surface area contributed by atoms with Crippen LogP contribution in [0.3, 0.4) is 0 Å². The van der Waals surface area contributed by atoms with E-state index in [9.17, 15) is 0 Å². The van der Waals surface area contributed by atoms with E-state index in [0.29, 0.717) is 17.7 Å². The fraction of sp³-hybridized carbons (Fsp3) is 0.556. The average molecular weight is 211 g/mol. The van der Waals surface area contributed by atoms with Gasteiger partial charge in [0.15, 0.2) is 0 Å². The highest BCUT2D eigenvalue weighted by Crippen LogP contribution is 2.01. The zero-order valence-electron chi connectivity index (χ0n) is 8.60. The first-order valence-electron chi connectivity index (χ1n) is 4.85. The molecule has 0 aromatic carbocycles. The smallest absolute Gasteiger partial charge is 0.128 e. The van der Waals surface area contributed by atoms with Gasteiger partial charge in [-0.15, -0.1) is 0 Å². The molecule has 0 atom stereocenters. The topological polar surface area (TPSA) is 113 Å². The van der Waals surface area contributed by atoms with Crippen molar-refractivity contribution in [2.24, 2.45) is 5.73 Å². The summed E-state index contributed by atoms with van der Waals surface area (Å²) in [6.07, 6.45) is 3.41. The molecule has 84 valence electrons. The minimum Gasteiger partial charge on any atom is -0.384 e. The summed E-state index contributed by atoms with van der Waals surface area (Å²) in [5.74, 6) is 0.801. The van der Waals surface area contributed by atoms with Crippen molar-refractivity contribution in [2.45, 2.75) is 18.9 Å². The average Bonchev–Trinajstić information content (AvgIpc) is 2.19. The summed E-state index contributed by atoms with van der Waals surface area (Å²) in [5.41, 5.74) is 16.0. The van der Waals surface area contributed by atoms with Crippen LogP contribution in [0, 0.1) is 0 Å². The lowest BCUT2D eigenvalue weighted by molar-refractivity contribution is 0.0866. The van der Waals surface area contributed by atoms with Crippen LogP contribution in [0.1, 0.15) is 12.8 Å². The Labute approximate surface area is 88.8 Å². The number of hydrogen-bond donors (Lipinski definition) is 3. The van der Waals surface area contributed by atoms with Crippen LogP contribution in [-0.4, -0.2) is 29.2 Å². The first-order valence-corrected chi connectivity index (χ1v) is 4.85. The maximum absolute atomic E-state index is 5.55. The van der Waals surface area contributed by atoms with Crippen molar-refractivity contribution in [3.63, 3.8) is 0 Å². The molecular weight excluding hydrogens is 194 g/mol. The molecule has 1 aliphatic heterocycles. The molecule has 0 saturated carbocycles. The maximum Gasteiger partial charge on any atom is 0.128 e. The van der Waals surface area contributed by atoms with Crippen molar-refractivity contribution >= 4 is 11.6 Å². The minimum atomic E-state index is 0.400. The molecule has 1 aromatic rings. The summed E-state index contributed by atoms with van der Waals surface area (Å²) in [6, 6.07) is 1.91. The van der Waals surface area contributed by atoms with Crippen molar-refractivity contribution in [3.8, 4) is 0 Å². The molecule has 1 aliphatic rings. The number of ether oxygens (including phenoxy) is 1. The van der Waals surface area contributed by atoms with Crippen LogP contribution >= 0.6 is 0 Å². The number of hydrogen-bond acceptors (Lipinski definition) is 6. The quantitative estimate of drug-likeness (QED) is 0.546. The van der Waals surface area contributed by atoms with Crippen molar-refractivity contribution in [3.05, 3.63) is 12.4 Å². The highest BCUT2D eigenvalue weighted by molar-refractivity contribution is 5.38. The van der Waals surface area contributed by atoms with E-state index in [-0.39, 0.29) is 0 Å². The fourth-order valence-electron chi connectivity index (χ4n) is 1.10. The van der Waals surface area contributed by atoms with Gasteiger partial charge >= 0.3 is 0 Å². The summed E-state index contributed by atoms with van der Waals surface area (Å²) in [7, 11) is 0. The van der Waals surface area contributed by atoms with Crippen LogP contribution in [0.25, 0.3) is 0 Å². The highest BCUT2D eigenvalue weighted by atomic mass is 16.5. The van der Waals surface area contributed by atoms with E-state index in [4.69, 9.17) is 21.9 Å². The lowest BCUT2D eigenvalue weighted by Crippen LogP contribution is -2.28. The van der Waals surface area contributed by atoms with Gasteiger partial charge in [-0.25, -0.2) is 9.97 Å². The molecule has 6 nitrogen and oxygen atoms in total. The van der Waals surface area contributed by atoms with Gasteiger partial charge in [-0.2, -0.15) is 0 Å². The molecule has 1 saturated heterocycles. The Bertz CT molecular complexity index is 270. The Morgan fingerprint density at radius 2 is 1.67 bits per heavy atom. The summed E-state index contributed by atoms with van der Waals surface area (Å²) in [4.78, 5) is 7.25. The van der Waals surface area contributed by atoms with Crippen molar-refractivity contribution in [1.29, 1.82) is 0 Å². The maximum atomic E-state index is 5.55. The standard InChI is InChI=1S/C5H11NO.C4H6N4/c6-5-1-3-7-4-2-5;5-3-1-4(6)8-2-7-3/h5H,1-4,6H2;1-2H,(H4,5,6,7,8). The summed E-state index contributed by atoms with van der Waals surface area (Å²) in [6.45, 7) is 1.72. The summed E-state index contributed by atoms with van der Waals surface area (Å²) >= 11 is 0. The predicted molar refractivity (Wildman–Crippen MR) is 58.9 cm³/mol. The van der Waals surface area contributed by atoms with E-state index in [1.54, 1.807) is 0 Å². The number of nitrogens with two attached hydrogens (primary N) is 3. The lowest BCUT2D eigenvalue weighted by Gasteiger charge is -2.16. The van der Waals surface area contributed by atoms with Crippen molar-refractivity contribution in [2.75, 3.05) is 24.7 Å². The van der Waals surface area contributed by atoms with Crippen molar-refractivity contribution < 1.29 is 4.74 Å². The zero-order chi connectivity index (χ0) is 11.1. The highest BCUT2D eigenvalue weighted by Gasteiger charge is 2.06. The molecular formula is C9H17N5O. The van der Waals surface area contributed by atoms with Crippen molar-refractivity contribution in [1.82, 2.24) is 9.97 Å². The Hall–Kier alpha value is -1.40. The monoisotopic (exact) mass is 211 g/mol. The third-order valence-corrected chi connectivity index (χ3v) is 1.98. The Kier molecular flexibility index (Phi) is 4.79. The SMILES string of the molecule is NC1CCOCC1.Nc1cc(N)ncn1. The Balaban J connectivity index is 0.000000151. The zero-order valence-corrected chi connectivity index (χ0v) is 8.60. The number of aromatic nitrogens is 2. The van der Waals surface area contributed by atoms with Gasteiger partial charge in [-0.1, -0.05) is 0 Å². The van der Waals surface area contributed by atoms with Crippen LogP contribution in [0.2, 0.25) is 0 Å². The number of nitrogens with zero attached hydrogens (tertiary/aromatic N) is 2. The van der Waals surface area contributed by atoms with Gasteiger partial charge in [0.25, 0.3) is 0 Å². The molecule has 15 heavy (non-hydrogen) atoms. The second-order valence-electron chi connectivity index (χ2n) is 3.32. The van der Waals surface area contributed by atoms with E-state index >= 15 is 0 Å². The van der Waals surface area contributed by atoms with Crippen LogP contribution in [0.4, 0.5) is 11.6 Å². The van der Waals surface area contributed by atoms with Gasteiger partial charge in [-0.3, -0.25) is 0 Å². The van der Waals surface area contributed by atoms with Crippen LogP contribution < -0.4 is 17.2 Å². The lowest BCUT2D eigenvalue weighted by atomic mass is 10.1. The molecule has 2 heterocycles. The van der Waals surface area contributed by atoms with Gasteiger partial charge in [0.05, 0.1) is 0 Å². The summed E-state index contributed by atoms with van der Waals surface area (Å²) < 4.78 is 5.06. The minimum absolute atomic E-state index is 0.400. The molecule has 0 radical (unpaired) electrons. The van der Waals surface area contributed by atoms with Gasteiger partial charge in [0, 0.05) is 25.3 Å². The van der Waals surface area contributed by atoms with E-state index in [0.717, 1.165) is 26.1 Å². The molecule has 0 amide bonds. The molecule has 0 bridgehead atoms. The van der Waals surface area contributed by atoms with E-state index in [2.05, 4.69) is 9.97 Å². The molecule has 0 aliphatic carbocycles. The molecule has 6 N–H and O–H groups in total. The van der Waals surface area contributed by atoms with Gasteiger partial charge < -0.3 is 21.9 Å². The second-order valence-corrected chi connectivity index (χ2v) is 3.32. The molecule has 2 rings (SSSR count). The molecule has 1 fully saturated rings. The van der Waals surface area contributed by atoms with E-state index in [1.807, 2.05) is 0 Å². The largest absolute Gasteiger partial charge is 0.384 e. The Morgan fingerprint density at radius 1 is 1.13 bits per heavy atom. The number of nitrogen functional groups attached to an aromatic ring is 2. The number of rotatable bonds is 0. The van der Waals surface area contributed by atoms with Gasteiger partial charge in [0.1, 0.15) is 18.0 Å². The van der Waals surface area contributed by atoms with E-state index < -0.39 is 0 Å². The third kappa shape index (κ3) is 5.14. The molecule has 6 heteroatoms. The first kappa shape index (κ1) is 11.7. The van der Waals surface area contributed by atoms with E-state index in [1.165, 1.54) is 12.4 Å². The Morgan fingerprint density at radius 3 is 1.93 bits per heavy atom. The van der Waals surface area contributed by atoms with Gasteiger partial charge in [-0.05, 0) is 12.8 Å². The fourth-order valence-corrected chi connectivity index (χ4v) is 1.10. The van der Waals surface area contributed by atoms with Crippen LogP contribution in [0.5, 0.6) is 0 Å². The predicted octanol–water partition coefficient (Wildman–Crippen LogP) is -0.235. The second kappa shape index (κ2) is 6.15. The molecule has 1 aromatic heterocycles. The third-order valence-electron chi connectivity index (χ3n) is 1.98. The van der Waals surface area contributed by atoms with Crippen LogP contribution in [0.15, 0.2) is 12.4 Å². The summed E-state index contributed by atoms with van der Waals surface area (Å²) in [5, 5.41) is 0. The normalized spacial score (nSPS) is 16.6. The molecule has 0 spiro atoms. The van der Waals surface area contributed by atoms with Crippen LogP contribution in [-0.2, 0) is 4.74 Å². The van der Waals surface area contributed by atoms with Gasteiger partial charge in [0.2, 0.25) is 0 Å². The first-order chi connectivity index (χ1) is 7.18. The molecule has 0 unspecified atom stereocenters.